The third-order valence-electron chi connectivity index (χ3n) is 3.38. The van der Waals surface area contributed by atoms with E-state index < -0.39 is 28.4 Å². The van der Waals surface area contributed by atoms with Gasteiger partial charge in [0.1, 0.15) is 11.4 Å². The molecule has 0 atom stereocenters. The summed E-state index contributed by atoms with van der Waals surface area (Å²) in [5.41, 5.74) is 0.0626. The van der Waals surface area contributed by atoms with Gasteiger partial charge in [0.15, 0.2) is 0 Å². The van der Waals surface area contributed by atoms with Crippen LogP contribution in [-0.2, 0) is 24.3 Å². The van der Waals surface area contributed by atoms with Gasteiger partial charge in [0, 0.05) is 13.0 Å². The molecule has 0 aromatic heterocycles. The van der Waals surface area contributed by atoms with E-state index in [1.54, 1.807) is 13.0 Å². The van der Waals surface area contributed by atoms with E-state index in [0.717, 1.165) is 0 Å². The van der Waals surface area contributed by atoms with E-state index in [1.807, 2.05) is 0 Å². The zero-order valence-electron chi connectivity index (χ0n) is 13.1. The van der Waals surface area contributed by atoms with Crippen LogP contribution in [0.4, 0.5) is 0 Å². The SMILES string of the molecule is CCOC(=O)CCCNC(=O)CN1C(=O)c2ccccc2S1(=O)=O. The lowest BCUT2D eigenvalue weighted by atomic mass is 10.2. The normalized spacial score (nSPS) is 15.0. The van der Waals surface area contributed by atoms with E-state index >= 15 is 0 Å². The van der Waals surface area contributed by atoms with Gasteiger partial charge in [0.2, 0.25) is 5.91 Å². The number of hydrogen-bond donors (Lipinski definition) is 1. The van der Waals surface area contributed by atoms with Gasteiger partial charge in [-0.15, -0.1) is 0 Å². The fourth-order valence-corrected chi connectivity index (χ4v) is 3.79. The third kappa shape index (κ3) is 3.73. The number of esters is 1. The Morgan fingerprint density at radius 3 is 2.62 bits per heavy atom. The summed E-state index contributed by atoms with van der Waals surface area (Å²) < 4.78 is 29.9. The van der Waals surface area contributed by atoms with Crippen LogP contribution in [0.3, 0.4) is 0 Å². The van der Waals surface area contributed by atoms with E-state index in [9.17, 15) is 22.8 Å². The quantitative estimate of drug-likeness (QED) is 0.557. The molecule has 24 heavy (non-hydrogen) atoms. The van der Waals surface area contributed by atoms with Crippen molar-refractivity contribution in [2.75, 3.05) is 19.7 Å². The van der Waals surface area contributed by atoms with E-state index in [0.29, 0.717) is 17.3 Å². The summed E-state index contributed by atoms with van der Waals surface area (Å²) in [7, 11) is -3.99. The van der Waals surface area contributed by atoms with Crippen molar-refractivity contribution in [2.24, 2.45) is 0 Å². The number of nitrogens with one attached hydrogen (secondary N) is 1. The molecule has 2 rings (SSSR count). The third-order valence-corrected chi connectivity index (χ3v) is 5.17. The molecular formula is C15H18N2O6S. The number of benzene rings is 1. The molecule has 1 aromatic carbocycles. The Morgan fingerprint density at radius 1 is 1.25 bits per heavy atom. The highest BCUT2D eigenvalue weighted by molar-refractivity contribution is 7.90. The number of sulfonamides is 1. The van der Waals surface area contributed by atoms with E-state index in [1.165, 1.54) is 18.2 Å². The molecule has 1 N–H and O–H groups in total. The number of fused-ring (bicyclic) bond motifs is 1. The molecule has 0 bridgehead atoms. The maximum Gasteiger partial charge on any atom is 0.305 e. The van der Waals surface area contributed by atoms with Crippen LogP contribution in [0, 0.1) is 0 Å². The average Bonchev–Trinajstić information content (AvgIpc) is 2.73. The Morgan fingerprint density at radius 2 is 1.96 bits per heavy atom. The first-order chi connectivity index (χ1) is 11.4. The monoisotopic (exact) mass is 354 g/mol. The number of ether oxygens (including phenoxy) is 1. The molecular weight excluding hydrogens is 336 g/mol. The van der Waals surface area contributed by atoms with Gasteiger partial charge in [-0.1, -0.05) is 12.1 Å². The molecule has 0 saturated heterocycles. The summed E-state index contributed by atoms with van der Waals surface area (Å²) in [6.07, 6.45) is 0.520. The van der Waals surface area contributed by atoms with Crippen LogP contribution in [0.2, 0.25) is 0 Å². The van der Waals surface area contributed by atoms with Crippen LogP contribution >= 0.6 is 0 Å². The molecule has 0 aliphatic carbocycles. The Kier molecular flexibility index (Phi) is 5.55. The Labute approximate surface area is 139 Å². The second-order valence-corrected chi connectivity index (χ2v) is 6.90. The molecule has 0 saturated carbocycles. The van der Waals surface area contributed by atoms with Crippen LogP contribution < -0.4 is 5.32 Å². The van der Waals surface area contributed by atoms with Gasteiger partial charge in [-0.3, -0.25) is 14.4 Å². The van der Waals surface area contributed by atoms with Crippen molar-refractivity contribution in [2.45, 2.75) is 24.7 Å². The lowest BCUT2D eigenvalue weighted by Crippen LogP contribution is -2.40. The fraction of sp³-hybridized carbons (Fsp3) is 0.400. The maximum absolute atomic E-state index is 12.3. The van der Waals surface area contributed by atoms with Crippen LogP contribution in [0.1, 0.15) is 30.1 Å². The number of rotatable bonds is 7. The molecule has 0 spiro atoms. The molecule has 2 amide bonds. The molecule has 1 aromatic rings. The Bertz CT molecular complexity index is 759. The molecule has 8 nitrogen and oxygen atoms in total. The lowest BCUT2D eigenvalue weighted by Gasteiger charge is -2.14. The predicted octanol–water partition coefficient (Wildman–Crippen LogP) is 0.291. The standard InChI is InChI=1S/C15H18N2O6S/c1-2-23-14(19)8-5-9-16-13(18)10-17-15(20)11-6-3-4-7-12(11)24(17,21)22/h3-4,6-7H,2,5,8-10H2,1H3,(H,16,18). The molecule has 1 heterocycles. The summed E-state index contributed by atoms with van der Waals surface area (Å²) in [5, 5.41) is 2.49. The average molecular weight is 354 g/mol. The number of hydrogen-bond acceptors (Lipinski definition) is 6. The van der Waals surface area contributed by atoms with Gasteiger partial charge >= 0.3 is 5.97 Å². The van der Waals surface area contributed by atoms with Crippen molar-refractivity contribution >= 4 is 27.8 Å². The fourth-order valence-electron chi connectivity index (χ4n) is 2.27. The Balaban J connectivity index is 1.89. The van der Waals surface area contributed by atoms with Crippen LogP contribution in [0.15, 0.2) is 29.2 Å². The maximum atomic E-state index is 12.3. The first-order valence-corrected chi connectivity index (χ1v) is 8.90. The lowest BCUT2D eigenvalue weighted by molar-refractivity contribution is -0.143. The predicted molar refractivity (Wildman–Crippen MR) is 83.5 cm³/mol. The smallest absolute Gasteiger partial charge is 0.305 e. The minimum atomic E-state index is -3.99. The second kappa shape index (κ2) is 7.43. The van der Waals surface area contributed by atoms with Gasteiger partial charge in [-0.2, -0.15) is 0 Å². The molecule has 0 unspecified atom stereocenters. The van der Waals surface area contributed by atoms with Gasteiger partial charge in [0.05, 0.1) is 12.2 Å². The summed E-state index contributed by atoms with van der Waals surface area (Å²) in [6.45, 7) is 1.59. The van der Waals surface area contributed by atoms with Gasteiger partial charge in [-0.05, 0) is 25.5 Å². The summed E-state index contributed by atoms with van der Waals surface area (Å²) in [4.78, 5) is 35.1. The van der Waals surface area contributed by atoms with Gasteiger partial charge in [0.25, 0.3) is 15.9 Å². The van der Waals surface area contributed by atoms with Crippen molar-refractivity contribution in [3.8, 4) is 0 Å². The van der Waals surface area contributed by atoms with Crippen molar-refractivity contribution in [3.05, 3.63) is 29.8 Å². The van der Waals surface area contributed by atoms with Gasteiger partial charge < -0.3 is 10.1 Å². The molecule has 1 aliphatic rings. The zero-order valence-corrected chi connectivity index (χ0v) is 14.0. The molecule has 0 radical (unpaired) electrons. The van der Waals surface area contributed by atoms with Crippen molar-refractivity contribution in [3.63, 3.8) is 0 Å². The topological polar surface area (TPSA) is 110 Å². The van der Waals surface area contributed by atoms with E-state index in [2.05, 4.69) is 5.32 Å². The second-order valence-electron chi connectivity index (χ2n) is 5.07. The van der Waals surface area contributed by atoms with Gasteiger partial charge in [-0.25, -0.2) is 12.7 Å². The number of amides is 2. The van der Waals surface area contributed by atoms with Crippen molar-refractivity contribution in [1.82, 2.24) is 9.62 Å². The minimum Gasteiger partial charge on any atom is -0.466 e. The summed E-state index contributed by atoms with van der Waals surface area (Å²) in [5.74, 6) is -1.68. The number of carbonyl (C=O) groups excluding carboxylic acids is 3. The first-order valence-electron chi connectivity index (χ1n) is 7.46. The highest BCUT2D eigenvalue weighted by atomic mass is 32.2. The van der Waals surface area contributed by atoms with E-state index in [4.69, 9.17) is 4.74 Å². The largest absolute Gasteiger partial charge is 0.466 e. The van der Waals surface area contributed by atoms with Crippen molar-refractivity contribution < 1.29 is 27.5 Å². The number of nitrogens with zero attached hydrogens (tertiary/aromatic N) is 1. The number of carbonyl (C=O) groups is 3. The molecule has 130 valence electrons. The first kappa shape index (κ1) is 17.9. The highest BCUT2D eigenvalue weighted by Gasteiger charge is 2.41. The van der Waals surface area contributed by atoms with Crippen LogP contribution in [0.25, 0.3) is 0 Å². The minimum absolute atomic E-state index is 0.0626. The van der Waals surface area contributed by atoms with E-state index in [-0.39, 0.29) is 29.4 Å². The molecule has 0 fully saturated rings. The van der Waals surface area contributed by atoms with Crippen LogP contribution in [0.5, 0.6) is 0 Å². The summed E-state index contributed by atoms with van der Waals surface area (Å²) >= 11 is 0. The highest BCUT2D eigenvalue weighted by Crippen LogP contribution is 2.29. The van der Waals surface area contributed by atoms with Crippen molar-refractivity contribution in [1.29, 1.82) is 0 Å². The zero-order chi connectivity index (χ0) is 17.7. The van der Waals surface area contributed by atoms with Crippen LogP contribution in [-0.4, -0.2) is 50.2 Å². The Hall–Kier alpha value is -2.42. The molecule has 1 aliphatic heterocycles. The molecule has 9 heteroatoms. The summed E-state index contributed by atoms with van der Waals surface area (Å²) in [6, 6.07) is 5.82.